The monoisotopic (exact) mass is 208 g/mol. The normalized spacial score (nSPS) is 38.8. The van der Waals surface area contributed by atoms with Gasteiger partial charge in [-0.05, 0) is 23.8 Å². The van der Waals surface area contributed by atoms with E-state index < -0.39 is 0 Å². The van der Waals surface area contributed by atoms with Gasteiger partial charge in [0.1, 0.15) is 0 Å². The molecule has 3 fully saturated rings. The van der Waals surface area contributed by atoms with Crippen LogP contribution >= 0.6 is 0 Å². The maximum Gasteiger partial charge on any atom is 0.0702 e. The molecule has 3 aliphatic rings. The minimum Gasteiger partial charge on any atom is -0.298 e. The zero-order chi connectivity index (χ0) is 10.3. The molecule has 16 heavy (non-hydrogen) atoms. The van der Waals surface area contributed by atoms with Crippen molar-refractivity contribution in [2.75, 3.05) is 13.1 Å². The highest BCUT2D eigenvalue weighted by Crippen LogP contribution is 2.72. The van der Waals surface area contributed by atoms with Crippen LogP contribution in [0.4, 0.5) is 0 Å². The lowest BCUT2D eigenvalue weighted by Crippen LogP contribution is -2.49. The van der Waals surface area contributed by atoms with Gasteiger partial charge in [-0.3, -0.25) is 9.88 Å². The molecule has 1 saturated carbocycles. The van der Waals surface area contributed by atoms with Crippen LogP contribution in [0.15, 0.2) is 36.5 Å². The quantitative estimate of drug-likeness (QED) is 0.710. The molecule has 0 spiro atoms. The smallest absolute Gasteiger partial charge is 0.0702 e. The maximum absolute atomic E-state index is 4.38. The molecule has 2 nitrogen and oxygen atoms in total. The average molecular weight is 208 g/mol. The van der Waals surface area contributed by atoms with Crippen LogP contribution in [0, 0.1) is 5.92 Å². The fraction of sp³-hybridized carbons (Fsp3) is 0.357. The molecule has 78 valence electrons. The van der Waals surface area contributed by atoms with Gasteiger partial charge in [-0.2, -0.15) is 0 Å². The van der Waals surface area contributed by atoms with Crippen molar-refractivity contribution in [1.29, 1.82) is 0 Å². The first-order chi connectivity index (χ1) is 7.89. The first kappa shape index (κ1) is 7.80. The summed E-state index contributed by atoms with van der Waals surface area (Å²) >= 11 is 0. The molecule has 1 aliphatic carbocycles. The molecular formula is C14H12N2. The van der Waals surface area contributed by atoms with Crippen molar-refractivity contribution in [3.8, 4) is 0 Å². The number of hydrogen-bond donors (Lipinski definition) is 0. The summed E-state index contributed by atoms with van der Waals surface area (Å²) in [5.41, 5.74) is 3.23. The van der Waals surface area contributed by atoms with Gasteiger partial charge in [-0.15, -0.1) is 0 Å². The second kappa shape index (κ2) is 2.16. The van der Waals surface area contributed by atoms with Crippen molar-refractivity contribution >= 4 is 10.9 Å². The summed E-state index contributed by atoms with van der Waals surface area (Å²) in [5.74, 6) is 0.974. The number of hydrogen-bond acceptors (Lipinski definition) is 2. The Labute approximate surface area is 93.9 Å². The third-order valence-electron chi connectivity index (χ3n) is 4.89. The Morgan fingerprint density at radius 1 is 1.31 bits per heavy atom. The van der Waals surface area contributed by atoms with Gasteiger partial charge < -0.3 is 0 Å². The van der Waals surface area contributed by atoms with E-state index in [0.29, 0.717) is 5.41 Å². The van der Waals surface area contributed by atoms with Crippen LogP contribution < -0.4 is 0 Å². The molecule has 3 atom stereocenters. The largest absolute Gasteiger partial charge is 0.298 e. The summed E-state index contributed by atoms with van der Waals surface area (Å²) in [6.07, 6.45) is 1.87. The zero-order valence-corrected chi connectivity index (χ0v) is 8.93. The fourth-order valence-corrected chi connectivity index (χ4v) is 4.01. The van der Waals surface area contributed by atoms with Crippen molar-refractivity contribution in [2.45, 2.75) is 11.5 Å². The summed E-state index contributed by atoms with van der Waals surface area (Å²) in [5, 5.41) is 1.29. The van der Waals surface area contributed by atoms with E-state index in [0.717, 1.165) is 17.5 Å². The Bertz CT molecular complexity index is 615. The number of fused-ring (bicyclic) bond motifs is 2. The van der Waals surface area contributed by atoms with Gasteiger partial charge in [0.05, 0.1) is 5.52 Å². The summed E-state index contributed by atoms with van der Waals surface area (Å²) in [6.45, 7) is 2.64. The van der Waals surface area contributed by atoms with E-state index in [1.807, 2.05) is 12.3 Å². The van der Waals surface area contributed by atoms with Gasteiger partial charge in [0.15, 0.2) is 0 Å². The molecule has 1 aromatic heterocycles. The summed E-state index contributed by atoms with van der Waals surface area (Å²) in [6, 6.07) is 11.9. The molecule has 2 aliphatic heterocycles. The van der Waals surface area contributed by atoms with Gasteiger partial charge in [0.25, 0.3) is 0 Å². The SMILES string of the molecule is c1cnc2ccc(C34CN5CC3C54)cc2c1. The van der Waals surface area contributed by atoms with E-state index in [4.69, 9.17) is 0 Å². The van der Waals surface area contributed by atoms with Gasteiger partial charge in [0, 0.05) is 42.0 Å². The molecule has 0 N–H and O–H groups in total. The van der Waals surface area contributed by atoms with Crippen LogP contribution in [0.25, 0.3) is 10.9 Å². The molecule has 1 aromatic carbocycles. The molecule has 2 aromatic rings. The van der Waals surface area contributed by atoms with Crippen molar-refractivity contribution in [3.05, 3.63) is 42.1 Å². The molecule has 3 unspecified atom stereocenters. The highest BCUT2D eigenvalue weighted by atomic mass is 15.4. The molecule has 0 radical (unpaired) electrons. The van der Waals surface area contributed by atoms with E-state index in [1.54, 1.807) is 5.56 Å². The number of piperidine rings is 1. The minimum absolute atomic E-state index is 0.560. The molecule has 5 rings (SSSR count). The van der Waals surface area contributed by atoms with E-state index in [-0.39, 0.29) is 0 Å². The lowest BCUT2D eigenvalue weighted by molar-refractivity contribution is 0.126. The van der Waals surface area contributed by atoms with Crippen molar-refractivity contribution in [2.24, 2.45) is 5.92 Å². The van der Waals surface area contributed by atoms with Gasteiger partial charge in [-0.1, -0.05) is 12.1 Å². The fourth-order valence-electron chi connectivity index (χ4n) is 4.01. The Kier molecular flexibility index (Phi) is 1.05. The Morgan fingerprint density at radius 2 is 2.31 bits per heavy atom. The summed E-state index contributed by atoms with van der Waals surface area (Å²) in [4.78, 5) is 6.98. The lowest BCUT2D eigenvalue weighted by Gasteiger charge is -2.37. The first-order valence-corrected chi connectivity index (χ1v) is 5.99. The Balaban J connectivity index is 1.72. The van der Waals surface area contributed by atoms with Gasteiger partial charge >= 0.3 is 0 Å². The predicted molar refractivity (Wildman–Crippen MR) is 62.3 cm³/mol. The molecule has 0 amide bonds. The third-order valence-corrected chi connectivity index (χ3v) is 4.89. The van der Waals surface area contributed by atoms with Crippen LogP contribution in [-0.2, 0) is 5.41 Å². The number of rotatable bonds is 1. The standard InChI is InChI=1S/C14H12N2/c1-2-9-6-10(3-4-12(9)15-5-1)14-8-16-7-11(14)13(14)16/h1-6,11,13H,7-8H2. The average Bonchev–Trinajstić information content (AvgIpc) is 2.65. The van der Waals surface area contributed by atoms with Crippen molar-refractivity contribution in [3.63, 3.8) is 0 Å². The molecular weight excluding hydrogens is 196 g/mol. The molecule has 3 heterocycles. The summed E-state index contributed by atoms with van der Waals surface area (Å²) in [7, 11) is 0. The van der Waals surface area contributed by atoms with Crippen LogP contribution in [0.1, 0.15) is 5.56 Å². The Hall–Kier alpha value is -1.41. The highest BCUT2D eigenvalue weighted by Gasteiger charge is 2.82. The number of benzene rings is 1. The highest BCUT2D eigenvalue weighted by molar-refractivity contribution is 5.80. The predicted octanol–water partition coefficient (Wildman–Crippen LogP) is 1.80. The second-order valence-electron chi connectivity index (χ2n) is 5.43. The van der Waals surface area contributed by atoms with Crippen molar-refractivity contribution in [1.82, 2.24) is 9.88 Å². The van der Waals surface area contributed by atoms with E-state index >= 15 is 0 Å². The minimum atomic E-state index is 0.560. The summed E-state index contributed by atoms with van der Waals surface area (Å²) < 4.78 is 0. The first-order valence-electron chi connectivity index (χ1n) is 5.99. The van der Waals surface area contributed by atoms with Crippen LogP contribution in [0.3, 0.4) is 0 Å². The lowest BCUT2D eigenvalue weighted by atomic mass is 9.90. The van der Waals surface area contributed by atoms with Crippen LogP contribution in [0.5, 0.6) is 0 Å². The van der Waals surface area contributed by atoms with E-state index in [2.05, 4.69) is 34.1 Å². The maximum atomic E-state index is 4.38. The third kappa shape index (κ3) is 0.635. The molecule has 0 bridgehead atoms. The second-order valence-corrected chi connectivity index (χ2v) is 5.43. The van der Waals surface area contributed by atoms with E-state index in [9.17, 15) is 0 Å². The Morgan fingerprint density at radius 3 is 3.06 bits per heavy atom. The topological polar surface area (TPSA) is 16.1 Å². The van der Waals surface area contributed by atoms with Crippen LogP contribution in [-0.4, -0.2) is 29.0 Å². The van der Waals surface area contributed by atoms with Gasteiger partial charge in [-0.25, -0.2) is 0 Å². The number of nitrogens with zero attached hydrogens (tertiary/aromatic N) is 2. The van der Waals surface area contributed by atoms with E-state index in [1.165, 1.54) is 18.5 Å². The molecule has 2 saturated heterocycles. The van der Waals surface area contributed by atoms with Crippen LogP contribution in [0.2, 0.25) is 0 Å². The zero-order valence-electron chi connectivity index (χ0n) is 8.93. The molecule has 2 heteroatoms. The van der Waals surface area contributed by atoms with Crippen molar-refractivity contribution < 1.29 is 0 Å². The van der Waals surface area contributed by atoms with Gasteiger partial charge in [0.2, 0.25) is 0 Å². The number of pyridine rings is 1. The number of aromatic nitrogens is 1.